The number of rotatable bonds is 4. The van der Waals surface area contributed by atoms with Crippen molar-refractivity contribution in [3.05, 3.63) is 57.5 Å². The molecular formula is C15H15BrClNS. The fourth-order valence-corrected chi connectivity index (χ4v) is 3.42. The molecule has 0 saturated heterocycles. The van der Waals surface area contributed by atoms with Crippen LogP contribution in [-0.4, -0.2) is 6.04 Å². The van der Waals surface area contributed by atoms with E-state index in [2.05, 4.69) is 34.1 Å². The SMILES string of the molecule is CC(N)Cc1ccc(Sc2ccc(Cl)cc2)cc1Br. The molecule has 0 amide bonds. The van der Waals surface area contributed by atoms with Crippen molar-refractivity contribution in [2.24, 2.45) is 5.73 Å². The molecule has 0 bridgehead atoms. The fourth-order valence-electron chi connectivity index (χ4n) is 1.74. The Labute approximate surface area is 131 Å². The molecule has 0 spiro atoms. The Kier molecular flexibility index (Phi) is 5.34. The highest BCUT2D eigenvalue weighted by molar-refractivity contribution is 9.10. The molecule has 1 nitrogen and oxygen atoms in total. The third-order valence-electron chi connectivity index (χ3n) is 2.62. The summed E-state index contributed by atoms with van der Waals surface area (Å²) < 4.78 is 1.11. The Morgan fingerprint density at radius 3 is 2.37 bits per heavy atom. The van der Waals surface area contributed by atoms with E-state index in [1.165, 1.54) is 15.4 Å². The highest BCUT2D eigenvalue weighted by Crippen LogP contribution is 2.31. The molecule has 2 aromatic rings. The van der Waals surface area contributed by atoms with Gasteiger partial charge >= 0.3 is 0 Å². The molecule has 0 aliphatic heterocycles. The van der Waals surface area contributed by atoms with Gasteiger partial charge in [-0.15, -0.1) is 0 Å². The van der Waals surface area contributed by atoms with Crippen LogP contribution in [0.2, 0.25) is 5.02 Å². The van der Waals surface area contributed by atoms with Crippen molar-refractivity contribution >= 4 is 39.3 Å². The van der Waals surface area contributed by atoms with Crippen molar-refractivity contribution in [1.29, 1.82) is 0 Å². The van der Waals surface area contributed by atoms with Crippen LogP contribution in [0.15, 0.2) is 56.7 Å². The van der Waals surface area contributed by atoms with Crippen LogP contribution in [0.4, 0.5) is 0 Å². The zero-order valence-electron chi connectivity index (χ0n) is 10.6. The molecule has 0 radical (unpaired) electrons. The van der Waals surface area contributed by atoms with E-state index in [9.17, 15) is 0 Å². The second-order valence-electron chi connectivity index (χ2n) is 4.49. The Balaban J connectivity index is 2.13. The fraction of sp³-hybridized carbons (Fsp3) is 0.200. The van der Waals surface area contributed by atoms with E-state index >= 15 is 0 Å². The van der Waals surface area contributed by atoms with Crippen LogP contribution in [0.3, 0.4) is 0 Å². The van der Waals surface area contributed by atoms with Gasteiger partial charge in [0.15, 0.2) is 0 Å². The van der Waals surface area contributed by atoms with Gasteiger partial charge in [0.2, 0.25) is 0 Å². The van der Waals surface area contributed by atoms with Crippen molar-refractivity contribution in [1.82, 2.24) is 0 Å². The minimum atomic E-state index is 0.172. The minimum absolute atomic E-state index is 0.172. The van der Waals surface area contributed by atoms with Crippen molar-refractivity contribution < 1.29 is 0 Å². The first kappa shape index (κ1) is 14.9. The van der Waals surface area contributed by atoms with E-state index in [-0.39, 0.29) is 6.04 Å². The predicted octanol–water partition coefficient (Wildman–Crippen LogP) is 5.14. The van der Waals surface area contributed by atoms with Gasteiger partial charge in [-0.3, -0.25) is 0 Å². The van der Waals surface area contributed by atoms with E-state index in [4.69, 9.17) is 17.3 Å². The molecule has 0 aliphatic rings. The van der Waals surface area contributed by atoms with Gasteiger partial charge in [-0.1, -0.05) is 45.4 Å². The maximum Gasteiger partial charge on any atom is 0.0406 e. The summed E-state index contributed by atoms with van der Waals surface area (Å²) in [7, 11) is 0. The molecule has 0 heterocycles. The number of hydrogen-bond donors (Lipinski definition) is 1. The number of nitrogens with two attached hydrogens (primary N) is 1. The Bertz CT molecular complexity index is 555. The molecule has 2 N–H and O–H groups in total. The summed E-state index contributed by atoms with van der Waals surface area (Å²) in [4.78, 5) is 2.37. The first-order valence-electron chi connectivity index (χ1n) is 6.02. The van der Waals surface area contributed by atoms with Gasteiger partial charge in [-0.05, 0) is 55.3 Å². The molecule has 0 aromatic heterocycles. The topological polar surface area (TPSA) is 26.0 Å². The lowest BCUT2D eigenvalue weighted by molar-refractivity contribution is 0.735. The van der Waals surface area contributed by atoms with Gasteiger partial charge in [0.1, 0.15) is 0 Å². The summed E-state index contributed by atoms with van der Waals surface area (Å²) in [6.07, 6.45) is 0.881. The van der Waals surface area contributed by atoms with Crippen LogP contribution in [-0.2, 0) is 6.42 Å². The molecular weight excluding hydrogens is 342 g/mol. The summed E-state index contributed by atoms with van der Waals surface area (Å²) in [6.45, 7) is 2.02. The zero-order chi connectivity index (χ0) is 13.8. The Morgan fingerprint density at radius 1 is 1.16 bits per heavy atom. The molecule has 1 unspecified atom stereocenters. The van der Waals surface area contributed by atoms with Crippen LogP contribution in [0, 0.1) is 0 Å². The standard InChI is InChI=1S/C15H15BrClNS/c1-10(18)8-11-2-5-14(9-15(11)16)19-13-6-3-12(17)4-7-13/h2-7,9-10H,8,18H2,1H3. The summed E-state index contributed by atoms with van der Waals surface area (Å²) in [5, 5.41) is 0.762. The van der Waals surface area contributed by atoms with Gasteiger partial charge in [-0.2, -0.15) is 0 Å². The summed E-state index contributed by atoms with van der Waals surface area (Å²) >= 11 is 11.2. The van der Waals surface area contributed by atoms with E-state index in [1.54, 1.807) is 11.8 Å². The lowest BCUT2D eigenvalue weighted by Crippen LogP contribution is -2.17. The first-order chi connectivity index (χ1) is 9.04. The lowest BCUT2D eigenvalue weighted by atomic mass is 10.1. The average molecular weight is 357 g/mol. The highest BCUT2D eigenvalue weighted by Gasteiger charge is 2.05. The molecule has 0 saturated carbocycles. The maximum atomic E-state index is 5.88. The second kappa shape index (κ2) is 6.80. The maximum absolute atomic E-state index is 5.88. The quantitative estimate of drug-likeness (QED) is 0.820. The molecule has 0 fully saturated rings. The monoisotopic (exact) mass is 355 g/mol. The predicted molar refractivity (Wildman–Crippen MR) is 87.1 cm³/mol. The van der Waals surface area contributed by atoms with Crippen LogP contribution >= 0.6 is 39.3 Å². The van der Waals surface area contributed by atoms with Gasteiger partial charge in [0.25, 0.3) is 0 Å². The van der Waals surface area contributed by atoms with Gasteiger partial charge in [-0.25, -0.2) is 0 Å². The minimum Gasteiger partial charge on any atom is -0.328 e. The largest absolute Gasteiger partial charge is 0.328 e. The van der Waals surface area contributed by atoms with Crippen LogP contribution in [0.25, 0.3) is 0 Å². The molecule has 2 rings (SSSR count). The van der Waals surface area contributed by atoms with Gasteiger partial charge in [0.05, 0.1) is 0 Å². The Hall–Kier alpha value is -0.480. The third-order valence-corrected chi connectivity index (χ3v) is 4.60. The van der Waals surface area contributed by atoms with Gasteiger partial charge < -0.3 is 5.73 Å². The molecule has 2 aromatic carbocycles. The average Bonchev–Trinajstić information content (AvgIpc) is 2.35. The van der Waals surface area contributed by atoms with Gasteiger partial charge in [0, 0.05) is 25.3 Å². The zero-order valence-corrected chi connectivity index (χ0v) is 13.7. The molecule has 100 valence electrons. The summed E-state index contributed by atoms with van der Waals surface area (Å²) in [5.41, 5.74) is 7.08. The second-order valence-corrected chi connectivity index (χ2v) is 6.93. The van der Waals surface area contributed by atoms with E-state index < -0.39 is 0 Å². The number of benzene rings is 2. The molecule has 1 atom stereocenters. The molecule has 19 heavy (non-hydrogen) atoms. The summed E-state index contributed by atoms with van der Waals surface area (Å²) in [5.74, 6) is 0. The summed E-state index contributed by atoms with van der Waals surface area (Å²) in [6, 6.07) is 14.4. The number of hydrogen-bond acceptors (Lipinski definition) is 2. The highest BCUT2D eigenvalue weighted by atomic mass is 79.9. The van der Waals surface area contributed by atoms with Crippen LogP contribution in [0.1, 0.15) is 12.5 Å². The van der Waals surface area contributed by atoms with Crippen LogP contribution < -0.4 is 5.73 Å². The van der Waals surface area contributed by atoms with E-state index in [0.717, 1.165) is 15.9 Å². The third kappa shape index (κ3) is 4.53. The first-order valence-corrected chi connectivity index (χ1v) is 8.01. The Morgan fingerprint density at radius 2 is 1.79 bits per heavy atom. The lowest BCUT2D eigenvalue weighted by Gasteiger charge is -2.09. The van der Waals surface area contributed by atoms with Crippen molar-refractivity contribution in [2.75, 3.05) is 0 Å². The van der Waals surface area contributed by atoms with E-state index in [1.807, 2.05) is 31.2 Å². The van der Waals surface area contributed by atoms with Crippen molar-refractivity contribution in [3.8, 4) is 0 Å². The number of halogens is 2. The van der Waals surface area contributed by atoms with Crippen molar-refractivity contribution in [3.63, 3.8) is 0 Å². The van der Waals surface area contributed by atoms with Crippen LogP contribution in [0.5, 0.6) is 0 Å². The molecule has 0 aliphatic carbocycles. The smallest absolute Gasteiger partial charge is 0.0406 e. The van der Waals surface area contributed by atoms with E-state index in [0.29, 0.717) is 0 Å². The normalized spacial score (nSPS) is 12.4. The molecule has 4 heteroatoms. The van der Waals surface area contributed by atoms with Crippen molar-refractivity contribution in [2.45, 2.75) is 29.2 Å².